The molecular formula is C21H30Cl2N4O2S. The van der Waals surface area contributed by atoms with E-state index in [2.05, 4.69) is 34.2 Å². The number of thiophene rings is 1. The molecule has 3 aliphatic heterocycles. The van der Waals surface area contributed by atoms with Crippen molar-refractivity contribution in [1.82, 2.24) is 20.0 Å². The molecule has 5 rings (SSSR count). The molecule has 0 saturated carbocycles. The zero-order chi connectivity index (χ0) is 19.3. The zero-order valence-corrected chi connectivity index (χ0v) is 19.9. The van der Waals surface area contributed by atoms with Crippen LogP contribution >= 0.6 is 36.2 Å². The predicted octanol–water partition coefficient (Wildman–Crippen LogP) is 3.64. The minimum atomic E-state index is -0.167. The number of fused-ring (bicyclic) bond motifs is 2. The van der Waals surface area contributed by atoms with Crippen LogP contribution in [0.4, 0.5) is 0 Å². The Labute approximate surface area is 194 Å². The summed E-state index contributed by atoms with van der Waals surface area (Å²) >= 11 is 1.67. The van der Waals surface area contributed by atoms with Crippen molar-refractivity contribution in [3.63, 3.8) is 0 Å². The number of hydrogen-bond acceptors (Lipinski definition) is 5. The van der Waals surface area contributed by atoms with Gasteiger partial charge in [0.2, 0.25) is 0 Å². The number of nitrogens with one attached hydrogen (secondary N) is 1. The van der Waals surface area contributed by atoms with Crippen molar-refractivity contribution in [1.29, 1.82) is 0 Å². The minimum Gasteiger partial charge on any atom is -0.369 e. The van der Waals surface area contributed by atoms with Crippen molar-refractivity contribution in [2.75, 3.05) is 32.8 Å². The summed E-state index contributed by atoms with van der Waals surface area (Å²) in [6.45, 7) is 8.40. The van der Waals surface area contributed by atoms with Gasteiger partial charge in [0.15, 0.2) is 0 Å². The number of aryl methyl sites for hydroxylation is 2. The molecule has 1 N–H and O–H groups in total. The van der Waals surface area contributed by atoms with Gasteiger partial charge in [-0.15, -0.1) is 36.2 Å². The molecule has 1 unspecified atom stereocenters. The number of ether oxygens (including phenoxy) is 1. The molecule has 1 spiro atoms. The molecule has 166 valence electrons. The summed E-state index contributed by atoms with van der Waals surface area (Å²) in [5.41, 5.74) is 3.38. The van der Waals surface area contributed by atoms with Gasteiger partial charge in [0.05, 0.1) is 23.2 Å². The smallest absolute Gasteiger partial charge is 0.264 e. The lowest BCUT2D eigenvalue weighted by Crippen LogP contribution is -2.43. The number of aromatic nitrogens is 2. The molecule has 0 radical (unpaired) electrons. The summed E-state index contributed by atoms with van der Waals surface area (Å²) in [7, 11) is 0. The lowest BCUT2D eigenvalue weighted by atomic mass is 9.86. The van der Waals surface area contributed by atoms with Crippen LogP contribution in [0.3, 0.4) is 0 Å². The lowest BCUT2D eigenvalue weighted by molar-refractivity contribution is -0.0771. The second-order valence-corrected chi connectivity index (χ2v) is 9.43. The molecule has 2 aromatic rings. The van der Waals surface area contributed by atoms with Gasteiger partial charge >= 0.3 is 0 Å². The van der Waals surface area contributed by atoms with Gasteiger partial charge < -0.3 is 15.0 Å². The first kappa shape index (κ1) is 23.5. The van der Waals surface area contributed by atoms with Crippen LogP contribution in [-0.2, 0) is 16.8 Å². The molecule has 0 aromatic carbocycles. The summed E-state index contributed by atoms with van der Waals surface area (Å²) in [5, 5.41) is 8.06. The first-order chi connectivity index (χ1) is 13.6. The number of hydrogen-bond donors (Lipinski definition) is 1. The van der Waals surface area contributed by atoms with Crippen LogP contribution in [0, 0.1) is 13.8 Å². The highest BCUT2D eigenvalue weighted by Crippen LogP contribution is 2.44. The quantitative estimate of drug-likeness (QED) is 0.724. The van der Waals surface area contributed by atoms with Crippen molar-refractivity contribution < 1.29 is 9.53 Å². The van der Waals surface area contributed by atoms with Gasteiger partial charge in [0, 0.05) is 23.7 Å². The van der Waals surface area contributed by atoms with Crippen LogP contribution in [-0.4, -0.2) is 53.4 Å². The molecule has 0 bridgehead atoms. The number of amides is 1. The summed E-state index contributed by atoms with van der Waals surface area (Å²) in [5.74, 6) is 0.174. The number of piperidine rings is 1. The van der Waals surface area contributed by atoms with E-state index in [0.717, 1.165) is 69.0 Å². The maximum atomic E-state index is 13.3. The van der Waals surface area contributed by atoms with E-state index in [9.17, 15) is 4.79 Å². The molecule has 1 amide bonds. The second-order valence-electron chi connectivity index (χ2n) is 8.37. The molecule has 6 nitrogen and oxygen atoms in total. The van der Waals surface area contributed by atoms with Crippen molar-refractivity contribution in [2.45, 2.75) is 51.2 Å². The van der Waals surface area contributed by atoms with Gasteiger partial charge in [-0.3, -0.25) is 9.48 Å². The van der Waals surface area contributed by atoms with Crippen LogP contribution in [0.1, 0.15) is 56.8 Å². The summed E-state index contributed by atoms with van der Waals surface area (Å²) in [6.07, 6.45) is 3.88. The Morgan fingerprint density at radius 1 is 1.27 bits per heavy atom. The van der Waals surface area contributed by atoms with Crippen LogP contribution in [0.15, 0.2) is 12.1 Å². The average Bonchev–Trinajstić information content (AvgIpc) is 3.40. The molecule has 9 heteroatoms. The monoisotopic (exact) mass is 472 g/mol. The van der Waals surface area contributed by atoms with Gasteiger partial charge in [-0.25, -0.2) is 0 Å². The minimum absolute atomic E-state index is 0. The van der Waals surface area contributed by atoms with E-state index in [1.165, 1.54) is 16.1 Å². The molecule has 2 saturated heterocycles. The van der Waals surface area contributed by atoms with E-state index in [0.29, 0.717) is 0 Å². The van der Waals surface area contributed by atoms with E-state index in [1.54, 1.807) is 11.3 Å². The van der Waals surface area contributed by atoms with Crippen molar-refractivity contribution in [2.24, 2.45) is 0 Å². The Hall–Kier alpha value is -1.12. The number of carbonyl (C=O) groups excluding carboxylic acids is 1. The maximum absolute atomic E-state index is 13.3. The van der Waals surface area contributed by atoms with Crippen LogP contribution < -0.4 is 5.32 Å². The van der Waals surface area contributed by atoms with Crippen molar-refractivity contribution >= 4 is 42.1 Å². The van der Waals surface area contributed by atoms with Crippen LogP contribution in [0.5, 0.6) is 0 Å². The lowest BCUT2D eigenvalue weighted by Gasteiger charge is -2.40. The van der Waals surface area contributed by atoms with E-state index >= 15 is 0 Å². The fourth-order valence-corrected chi connectivity index (χ4v) is 6.41. The predicted molar refractivity (Wildman–Crippen MR) is 124 cm³/mol. The largest absolute Gasteiger partial charge is 0.369 e. The number of nitrogens with zero attached hydrogens (tertiary/aromatic N) is 3. The Morgan fingerprint density at radius 3 is 2.73 bits per heavy atom. The van der Waals surface area contributed by atoms with E-state index < -0.39 is 0 Å². The molecule has 0 aliphatic carbocycles. The summed E-state index contributed by atoms with van der Waals surface area (Å²) < 4.78 is 8.37. The third-order valence-corrected chi connectivity index (χ3v) is 7.79. The van der Waals surface area contributed by atoms with E-state index in [-0.39, 0.29) is 42.4 Å². The topological polar surface area (TPSA) is 59.4 Å². The third-order valence-electron chi connectivity index (χ3n) is 6.44. The van der Waals surface area contributed by atoms with Crippen LogP contribution in [0.25, 0.3) is 0 Å². The SMILES string of the molecule is Cc1cc(C)n(C2CCN(C(=O)c3cc4c(s3)C3(CCNCC3)OCC4)C2)n1.Cl.Cl. The fraction of sp³-hybridized carbons (Fsp3) is 0.619. The van der Waals surface area contributed by atoms with Gasteiger partial charge in [0.1, 0.15) is 5.60 Å². The normalized spacial score (nSPS) is 22.3. The molecule has 2 aromatic heterocycles. The molecule has 2 fully saturated rings. The number of carbonyl (C=O) groups is 1. The van der Waals surface area contributed by atoms with Crippen molar-refractivity contribution in [3.05, 3.63) is 38.8 Å². The Bertz CT molecular complexity index is 907. The average molecular weight is 473 g/mol. The maximum Gasteiger partial charge on any atom is 0.264 e. The second kappa shape index (κ2) is 9.17. The Balaban J connectivity index is 0.00000128. The van der Waals surface area contributed by atoms with Crippen LogP contribution in [0.2, 0.25) is 0 Å². The molecule has 30 heavy (non-hydrogen) atoms. The van der Waals surface area contributed by atoms with Gasteiger partial charge in [-0.05, 0) is 70.3 Å². The van der Waals surface area contributed by atoms with Gasteiger partial charge in [-0.2, -0.15) is 5.10 Å². The standard InChI is InChI=1S/C21H28N4O2S.2ClH/c1-14-11-15(2)25(23-14)17-3-9-24(13-17)20(26)18-12-16-4-10-27-21(19(16)28-18)5-7-22-8-6-21;;/h11-12,17,22H,3-10,13H2,1-2H3;2*1H. The molecular weight excluding hydrogens is 443 g/mol. The highest BCUT2D eigenvalue weighted by atomic mass is 35.5. The first-order valence-corrected chi connectivity index (χ1v) is 11.2. The van der Waals surface area contributed by atoms with Crippen molar-refractivity contribution in [3.8, 4) is 0 Å². The summed E-state index contributed by atoms with van der Waals surface area (Å²) in [6, 6.07) is 4.54. The number of halogens is 2. The Kier molecular flexibility index (Phi) is 7.19. The highest BCUT2D eigenvalue weighted by molar-refractivity contribution is 7.14. The van der Waals surface area contributed by atoms with Gasteiger partial charge in [0.25, 0.3) is 5.91 Å². The molecule has 1 atom stereocenters. The summed E-state index contributed by atoms with van der Waals surface area (Å²) in [4.78, 5) is 17.4. The highest BCUT2D eigenvalue weighted by Gasteiger charge is 2.41. The van der Waals surface area contributed by atoms with E-state index in [4.69, 9.17) is 4.74 Å². The molecule has 3 aliphatic rings. The zero-order valence-electron chi connectivity index (χ0n) is 17.5. The first-order valence-electron chi connectivity index (χ1n) is 10.4. The third kappa shape index (κ3) is 4.02. The Morgan fingerprint density at radius 2 is 2.03 bits per heavy atom. The number of likely N-dealkylation sites (tertiary alicyclic amines) is 1. The number of rotatable bonds is 2. The van der Waals surface area contributed by atoms with E-state index in [1.807, 2.05) is 11.8 Å². The fourth-order valence-electron chi connectivity index (χ4n) is 5.03. The molecule has 5 heterocycles. The van der Waals surface area contributed by atoms with Gasteiger partial charge in [-0.1, -0.05) is 0 Å².